The number of halogens is 1. The van der Waals surface area contributed by atoms with Crippen molar-refractivity contribution >= 4 is 46.0 Å². The second-order valence-electron chi connectivity index (χ2n) is 4.91. The van der Waals surface area contributed by atoms with Gasteiger partial charge in [0.05, 0.1) is 12.3 Å². The Morgan fingerprint density at radius 1 is 1.33 bits per heavy atom. The van der Waals surface area contributed by atoms with Crippen molar-refractivity contribution in [2.24, 2.45) is 0 Å². The van der Waals surface area contributed by atoms with Gasteiger partial charge in [-0.1, -0.05) is 35.1 Å². The summed E-state index contributed by atoms with van der Waals surface area (Å²) < 4.78 is 4.98. The quantitative estimate of drug-likeness (QED) is 0.595. The topological polar surface area (TPSA) is 59.5 Å². The number of anilines is 1. The molecule has 0 spiro atoms. The van der Waals surface area contributed by atoms with Gasteiger partial charge >= 0.3 is 5.97 Å². The number of aromatic nitrogens is 1. The Morgan fingerprint density at radius 3 is 2.62 bits per heavy atom. The van der Waals surface area contributed by atoms with E-state index in [-0.39, 0.29) is 5.91 Å². The van der Waals surface area contributed by atoms with Crippen molar-refractivity contribution in [1.29, 1.82) is 0 Å². The molecule has 2 aromatic rings. The predicted octanol–water partition coefficient (Wildman–Crippen LogP) is 3.96. The molecule has 126 valence electrons. The second-order valence-corrected chi connectivity index (χ2v) is 6.33. The summed E-state index contributed by atoms with van der Waals surface area (Å²) in [4.78, 5) is 30.2. The lowest BCUT2D eigenvalue weighted by atomic mass is 10.2. The van der Waals surface area contributed by atoms with Crippen LogP contribution in [0.2, 0.25) is 5.02 Å². The molecule has 0 N–H and O–H groups in total. The maximum absolute atomic E-state index is 12.3. The van der Waals surface area contributed by atoms with Crippen LogP contribution < -0.4 is 4.90 Å². The molecule has 0 saturated heterocycles. The molecule has 0 radical (unpaired) electrons. The Hall–Kier alpha value is -2.18. The molecule has 0 saturated carbocycles. The van der Waals surface area contributed by atoms with E-state index in [9.17, 15) is 9.59 Å². The first kappa shape index (κ1) is 18.2. The number of esters is 1. The second kappa shape index (κ2) is 8.08. The van der Waals surface area contributed by atoms with Crippen molar-refractivity contribution in [2.45, 2.75) is 13.8 Å². The number of carbonyl (C=O) groups is 2. The van der Waals surface area contributed by atoms with Crippen LogP contribution in [0.5, 0.6) is 0 Å². The molecule has 7 heteroatoms. The smallest absolute Gasteiger partial charge is 0.350 e. The first-order valence-electron chi connectivity index (χ1n) is 7.28. The average molecular weight is 365 g/mol. The molecule has 1 aromatic carbocycles. The first-order valence-corrected chi connectivity index (χ1v) is 8.47. The van der Waals surface area contributed by atoms with Crippen molar-refractivity contribution in [1.82, 2.24) is 4.98 Å². The highest BCUT2D eigenvalue weighted by atomic mass is 35.5. The van der Waals surface area contributed by atoms with E-state index in [1.54, 1.807) is 39.1 Å². The Labute approximate surface area is 149 Å². The van der Waals surface area contributed by atoms with Gasteiger partial charge in [0.1, 0.15) is 4.88 Å². The number of thiazole rings is 1. The molecule has 0 aliphatic heterocycles. The zero-order chi connectivity index (χ0) is 17.7. The lowest BCUT2D eigenvalue weighted by Gasteiger charge is -2.10. The van der Waals surface area contributed by atoms with E-state index in [2.05, 4.69) is 4.98 Å². The molecule has 0 unspecified atom stereocenters. The molecule has 2 rings (SSSR count). The van der Waals surface area contributed by atoms with Crippen molar-refractivity contribution < 1.29 is 14.3 Å². The molecule has 0 atom stereocenters. The normalized spacial score (nSPS) is 10.8. The van der Waals surface area contributed by atoms with Gasteiger partial charge in [0.2, 0.25) is 0 Å². The minimum Gasteiger partial charge on any atom is -0.462 e. The number of likely N-dealkylation sites (N-methyl/N-ethyl adjacent to an activating group) is 1. The summed E-state index contributed by atoms with van der Waals surface area (Å²) in [6, 6.07) is 7.15. The summed E-state index contributed by atoms with van der Waals surface area (Å²) in [5.74, 6) is -0.662. The van der Waals surface area contributed by atoms with Crippen LogP contribution in [0.25, 0.3) is 6.08 Å². The third kappa shape index (κ3) is 4.43. The molecule has 0 aliphatic carbocycles. The fourth-order valence-corrected chi connectivity index (χ4v) is 2.91. The molecule has 1 heterocycles. The van der Waals surface area contributed by atoms with Crippen molar-refractivity contribution in [3.8, 4) is 0 Å². The SMILES string of the molecule is CCOC(=O)c1sc(N(C)C(=O)C=Cc2ccc(Cl)cc2)nc1C. The number of benzene rings is 1. The highest BCUT2D eigenvalue weighted by Crippen LogP contribution is 2.26. The largest absolute Gasteiger partial charge is 0.462 e. The van der Waals surface area contributed by atoms with Gasteiger partial charge in [0.15, 0.2) is 5.13 Å². The van der Waals surface area contributed by atoms with E-state index in [1.165, 1.54) is 11.0 Å². The van der Waals surface area contributed by atoms with Crippen LogP contribution in [0, 0.1) is 6.92 Å². The monoisotopic (exact) mass is 364 g/mol. The van der Waals surface area contributed by atoms with Gasteiger partial charge in [-0.25, -0.2) is 9.78 Å². The van der Waals surface area contributed by atoms with E-state index >= 15 is 0 Å². The minimum absolute atomic E-state index is 0.242. The fraction of sp³-hybridized carbons (Fsp3) is 0.235. The Morgan fingerprint density at radius 2 is 2.00 bits per heavy atom. The van der Waals surface area contributed by atoms with Gasteiger partial charge in [0, 0.05) is 18.1 Å². The Kier molecular flexibility index (Phi) is 6.11. The maximum Gasteiger partial charge on any atom is 0.350 e. The zero-order valence-corrected chi connectivity index (χ0v) is 15.1. The van der Waals surface area contributed by atoms with Crippen molar-refractivity contribution in [3.63, 3.8) is 0 Å². The van der Waals surface area contributed by atoms with Crippen LogP contribution in [0.3, 0.4) is 0 Å². The van der Waals surface area contributed by atoms with E-state index < -0.39 is 5.97 Å². The fourth-order valence-electron chi connectivity index (χ4n) is 1.86. The molecular weight excluding hydrogens is 348 g/mol. The maximum atomic E-state index is 12.3. The van der Waals surface area contributed by atoms with E-state index in [0.29, 0.717) is 27.3 Å². The summed E-state index contributed by atoms with van der Waals surface area (Å²) in [5, 5.41) is 1.08. The van der Waals surface area contributed by atoms with E-state index in [1.807, 2.05) is 12.1 Å². The highest BCUT2D eigenvalue weighted by Gasteiger charge is 2.20. The zero-order valence-electron chi connectivity index (χ0n) is 13.6. The van der Waals surface area contributed by atoms with Crippen LogP contribution in [-0.2, 0) is 9.53 Å². The van der Waals surface area contributed by atoms with Gasteiger partial charge in [-0.2, -0.15) is 0 Å². The molecule has 0 fully saturated rings. The first-order chi connectivity index (χ1) is 11.4. The molecule has 1 aromatic heterocycles. The number of amides is 1. The van der Waals surface area contributed by atoms with Crippen LogP contribution in [0.15, 0.2) is 30.3 Å². The van der Waals surface area contributed by atoms with Crippen LogP contribution in [-0.4, -0.2) is 30.5 Å². The molecule has 1 amide bonds. The van der Waals surface area contributed by atoms with Gasteiger partial charge in [-0.15, -0.1) is 0 Å². The van der Waals surface area contributed by atoms with Gasteiger partial charge < -0.3 is 4.74 Å². The van der Waals surface area contributed by atoms with Crippen LogP contribution >= 0.6 is 22.9 Å². The number of rotatable bonds is 5. The molecule has 24 heavy (non-hydrogen) atoms. The summed E-state index contributed by atoms with van der Waals surface area (Å²) >= 11 is 6.96. The third-order valence-electron chi connectivity index (χ3n) is 3.15. The molecule has 0 aliphatic rings. The number of aryl methyl sites for hydroxylation is 1. The molecule has 5 nitrogen and oxygen atoms in total. The predicted molar refractivity (Wildman–Crippen MR) is 96.7 cm³/mol. The summed E-state index contributed by atoms with van der Waals surface area (Å²) in [6.45, 7) is 3.75. The Bertz CT molecular complexity index is 769. The summed E-state index contributed by atoms with van der Waals surface area (Å²) in [6.07, 6.45) is 3.14. The minimum atomic E-state index is -0.420. The van der Waals surface area contributed by atoms with Crippen molar-refractivity contribution in [2.75, 3.05) is 18.6 Å². The average Bonchev–Trinajstić information content (AvgIpc) is 2.95. The van der Waals surface area contributed by atoms with E-state index in [0.717, 1.165) is 16.9 Å². The number of carbonyl (C=O) groups excluding carboxylic acids is 2. The lowest BCUT2D eigenvalue weighted by Crippen LogP contribution is -2.23. The lowest BCUT2D eigenvalue weighted by molar-refractivity contribution is -0.113. The van der Waals surface area contributed by atoms with Crippen molar-refractivity contribution in [3.05, 3.63) is 51.5 Å². The highest BCUT2D eigenvalue weighted by molar-refractivity contribution is 7.17. The Balaban J connectivity index is 2.11. The number of hydrogen-bond donors (Lipinski definition) is 0. The standard InChI is InChI=1S/C17H17ClN2O3S/c1-4-23-16(22)15-11(2)19-17(24-15)20(3)14(21)10-7-12-5-8-13(18)9-6-12/h5-10H,4H2,1-3H3. The summed E-state index contributed by atoms with van der Waals surface area (Å²) in [5.41, 5.74) is 1.42. The number of ether oxygens (including phenoxy) is 1. The molecule has 0 bridgehead atoms. The van der Waals surface area contributed by atoms with Crippen LogP contribution in [0.4, 0.5) is 5.13 Å². The number of nitrogens with zero attached hydrogens (tertiary/aromatic N) is 2. The number of hydrogen-bond acceptors (Lipinski definition) is 5. The van der Waals surface area contributed by atoms with Gasteiger partial charge in [-0.3, -0.25) is 9.69 Å². The molecular formula is C17H17ClN2O3S. The van der Waals surface area contributed by atoms with E-state index in [4.69, 9.17) is 16.3 Å². The summed E-state index contributed by atoms with van der Waals surface area (Å²) in [7, 11) is 1.61. The van der Waals surface area contributed by atoms with Gasteiger partial charge in [0.25, 0.3) is 5.91 Å². The van der Waals surface area contributed by atoms with Crippen LogP contribution in [0.1, 0.15) is 27.9 Å². The van der Waals surface area contributed by atoms with Gasteiger partial charge in [-0.05, 0) is 37.6 Å². The third-order valence-corrected chi connectivity index (χ3v) is 4.62.